The van der Waals surface area contributed by atoms with Gasteiger partial charge in [0, 0.05) is 18.8 Å². The van der Waals surface area contributed by atoms with Crippen molar-refractivity contribution in [2.75, 3.05) is 0 Å². The van der Waals surface area contributed by atoms with E-state index in [1.165, 1.54) is 0 Å². The van der Waals surface area contributed by atoms with E-state index in [1.54, 1.807) is 0 Å². The van der Waals surface area contributed by atoms with Crippen LogP contribution in [0.25, 0.3) is 0 Å². The molecule has 1 rings (SSSR count). The fourth-order valence-electron chi connectivity index (χ4n) is 1.89. The highest BCUT2D eigenvalue weighted by Gasteiger charge is 2.22. The van der Waals surface area contributed by atoms with Crippen molar-refractivity contribution in [2.24, 2.45) is 16.8 Å². The lowest BCUT2D eigenvalue weighted by molar-refractivity contribution is -0.120. The minimum absolute atomic E-state index is 0.231. The molecule has 0 aliphatic heterocycles. The number of hydrazone groups is 1. The van der Waals surface area contributed by atoms with E-state index in [9.17, 15) is 9.59 Å². The van der Waals surface area contributed by atoms with Gasteiger partial charge in [-0.05, 0) is 32.8 Å². The monoisotopic (exact) mass is 237 g/mol. The summed E-state index contributed by atoms with van der Waals surface area (Å²) in [5, 5.41) is 4.02. The van der Waals surface area contributed by atoms with Crippen LogP contribution in [0.3, 0.4) is 0 Å². The van der Waals surface area contributed by atoms with E-state index in [-0.39, 0.29) is 5.92 Å². The van der Waals surface area contributed by atoms with Crippen molar-refractivity contribution in [1.82, 2.24) is 5.43 Å². The van der Waals surface area contributed by atoms with Crippen LogP contribution in [0.2, 0.25) is 0 Å². The topological polar surface area (TPSA) is 84.5 Å². The molecule has 0 heterocycles. The molecule has 0 aromatic heterocycles. The van der Waals surface area contributed by atoms with Crippen LogP contribution in [0.4, 0.5) is 4.79 Å². The summed E-state index contributed by atoms with van der Waals surface area (Å²) in [5.74, 6) is 0.537. The second kappa shape index (κ2) is 6.18. The summed E-state index contributed by atoms with van der Waals surface area (Å²) in [5.41, 5.74) is 9.15. The van der Waals surface area contributed by atoms with Crippen LogP contribution >= 0.6 is 0 Å². The Bertz CT molecular complexity index is 358. The first-order valence-electron chi connectivity index (χ1n) is 5.78. The van der Waals surface area contributed by atoms with Crippen molar-refractivity contribution in [3.05, 3.63) is 11.6 Å². The van der Waals surface area contributed by atoms with E-state index in [1.807, 2.05) is 19.9 Å². The maximum absolute atomic E-state index is 11.2. The van der Waals surface area contributed by atoms with Gasteiger partial charge < -0.3 is 5.73 Å². The number of carbonyl (C=O) groups excluding carboxylic acids is 2. The minimum Gasteiger partial charge on any atom is -0.350 e. The highest BCUT2D eigenvalue weighted by molar-refractivity contribution is 5.98. The molecule has 3 N–H and O–H groups in total. The lowest BCUT2D eigenvalue weighted by Crippen LogP contribution is -2.28. The van der Waals surface area contributed by atoms with Crippen molar-refractivity contribution in [1.29, 1.82) is 0 Å². The zero-order chi connectivity index (χ0) is 12.8. The number of allylic oxidation sites excluding steroid dienone is 2. The van der Waals surface area contributed by atoms with Gasteiger partial charge in [0.1, 0.15) is 5.78 Å². The molecule has 94 valence electrons. The average Bonchev–Trinajstić information content (AvgIpc) is 2.25. The molecule has 1 aliphatic carbocycles. The molecule has 0 aromatic rings. The predicted molar refractivity (Wildman–Crippen MR) is 66.6 cm³/mol. The number of primary amides is 1. The van der Waals surface area contributed by atoms with E-state index >= 15 is 0 Å². The third kappa shape index (κ3) is 4.80. The van der Waals surface area contributed by atoms with Gasteiger partial charge >= 0.3 is 6.03 Å². The normalized spacial score (nSPS) is 17.8. The molecular weight excluding hydrogens is 218 g/mol. The Morgan fingerprint density at radius 2 is 2.00 bits per heavy atom. The van der Waals surface area contributed by atoms with Crippen molar-refractivity contribution in [2.45, 2.75) is 39.5 Å². The van der Waals surface area contributed by atoms with Gasteiger partial charge in [0.2, 0.25) is 0 Å². The summed E-state index contributed by atoms with van der Waals surface area (Å²) in [6.45, 7) is 3.93. The number of ketones is 1. The third-order valence-electron chi connectivity index (χ3n) is 2.69. The molecule has 1 aliphatic rings. The molecule has 1 saturated carbocycles. The predicted octanol–water partition coefficient (Wildman–Crippen LogP) is 1.74. The molecule has 0 bridgehead atoms. The van der Waals surface area contributed by atoms with E-state index in [4.69, 9.17) is 5.73 Å². The number of amides is 2. The Balaban J connectivity index is 2.76. The molecule has 0 saturated heterocycles. The zero-order valence-corrected chi connectivity index (χ0v) is 10.3. The fraction of sp³-hybridized carbons (Fsp3) is 0.583. The first-order chi connectivity index (χ1) is 7.99. The molecule has 5 nitrogen and oxygen atoms in total. The van der Waals surface area contributed by atoms with Crippen LogP contribution in [0.15, 0.2) is 16.8 Å². The Kier molecular flexibility index (Phi) is 4.87. The Morgan fingerprint density at radius 1 is 1.41 bits per heavy atom. The van der Waals surface area contributed by atoms with Crippen LogP contribution in [-0.2, 0) is 4.79 Å². The molecule has 1 fully saturated rings. The van der Waals surface area contributed by atoms with Gasteiger partial charge in [0.15, 0.2) is 0 Å². The van der Waals surface area contributed by atoms with Crippen molar-refractivity contribution in [3.63, 3.8) is 0 Å². The zero-order valence-electron chi connectivity index (χ0n) is 10.3. The van der Waals surface area contributed by atoms with Gasteiger partial charge in [0.05, 0.1) is 5.71 Å². The summed E-state index contributed by atoms with van der Waals surface area (Å²) >= 11 is 0. The number of hydrogen-bond donors (Lipinski definition) is 2. The van der Waals surface area contributed by atoms with Gasteiger partial charge in [0.25, 0.3) is 0 Å². The number of nitrogens with two attached hydrogens (primary N) is 1. The van der Waals surface area contributed by atoms with E-state index in [0.29, 0.717) is 18.6 Å². The summed E-state index contributed by atoms with van der Waals surface area (Å²) in [6.07, 6.45) is 4.70. The van der Waals surface area contributed by atoms with Gasteiger partial charge in [-0.25, -0.2) is 10.2 Å². The Labute approximate surface area is 101 Å². The first kappa shape index (κ1) is 13.4. The number of nitrogens with zero attached hydrogens (tertiary/aromatic N) is 1. The number of Topliss-reactive ketones (excluding diaryl/α,β-unsaturated/α-hetero) is 1. The van der Waals surface area contributed by atoms with E-state index in [0.717, 1.165) is 24.1 Å². The Hall–Kier alpha value is -1.65. The molecule has 2 amide bonds. The number of carbonyl (C=O) groups is 2. The van der Waals surface area contributed by atoms with Crippen LogP contribution in [0.1, 0.15) is 39.5 Å². The fourth-order valence-corrected chi connectivity index (χ4v) is 1.89. The van der Waals surface area contributed by atoms with Crippen molar-refractivity contribution < 1.29 is 9.59 Å². The lowest BCUT2D eigenvalue weighted by atomic mass is 9.84. The van der Waals surface area contributed by atoms with Gasteiger partial charge in [-0.3, -0.25) is 4.79 Å². The minimum atomic E-state index is -0.670. The molecule has 0 radical (unpaired) electrons. The summed E-state index contributed by atoms with van der Waals surface area (Å²) in [7, 11) is 0. The Morgan fingerprint density at radius 3 is 2.47 bits per heavy atom. The van der Waals surface area contributed by atoms with E-state index < -0.39 is 6.03 Å². The van der Waals surface area contributed by atoms with Crippen LogP contribution < -0.4 is 11.2 Å². The maximum atomic E-state index is 11.2. The molecule has 5 heteroatoms. The number of hydrogen-bond acceptors (Lipinski definition) is 3. The number of urea groups is 1. The van der Waals surface area contributed by atoms with E-state index in [2.05, 4.69) is 10.5 Å². The third-order valence-corrected chi connectivity index (χ3v) is 2.69. The number of nitrogens with one attached hydrogen (secondary N) is 1. The average molecular weight is 237 g/mol. The maximum Gasteiger partial charge on any atom is 0.332 e. The molecular formula is C12H19N3O2. The van der Waals surface area contributed by atoms with Crippen LogP contribution in [0.5, 0.6) is 0 Å². The second-order valence-corrected chi connectivity index (χ2v) is 4.55. The quantitative estimate of drug-likeness (QED) is 0.578. The molecule has 0 aromatic carbocycles. The number of rotatable bonds is 3. The van der Waals surface area contributed by atoms with Gasteiger partial charge in [-0.1, -0.05) is 5.57 Å². The highest BCUT2D eigenvalue weighted by atomic mass is 16.2. The van der Waals surface area contributed by atoms with Crippen LogP contribution in [-0.4, -0.2) is 17.5 Å². The molecule has 0 unspecified atom stereocenters. The largest absolute Gasteiger partial charge is 0.350 e. The standard InChI is InChI=1S/C12H19N3O2/c1-8(2)7-11(14-15-12(13)17)9-3-5-10(16)6-4-9/h7,9H,3-6H2,1-2H3,(H3,13,15,17)/b14-11-. The van der Waals surface area contributed by atoms with Crippen LogP contribution in [0, 0.1) is 5.92 Å². The first-order valence-corrected chi connectivity index (χ1v) is 5.78. The summed E-state index contributed by atoms with van der Waals surface area (Å²) < 4.78 is 0. The molecule has 0 spiro atoms. The SMILES string of the molecule is CC(C)=C/C(=N/NC(N)=O)C1CCC(=O)CC1. The smallest absolute Gasteiger partial charge is 0.332 e. The van der Waals surface area contributed by atoms with Crippen molar-refractivity contribution >= 4 is 17.5 Å². The molecule has 0 atom stereocenters. The molecule has 17 heavy (non-hydrogen) atoms. The van der Waals surface area contributed by atoms with Crippen molar-refractivity contribution in [3.8, 4) is 0 Å². The van der Waals surface area contributed by atoms with Gasteiger partial charge in [-0.2, -0.15) is 5.10 Å². The summed E-state index contributed by atoms with van der Waals surface area (Å²) in [4.78, 5) is 21.8. The summed E-state index contributed by atoms with van der Waals surface area (Å²) in [6, 6.07) is -0.670. The highest BCUT2D eigenvalue weighted by Crippen LogP contribution is 2.23. The van der Waals surface area contributed by atoms with Gasteiger partial charge in [-0.15, -0.1) is 0 Å². The lowest BCUT2D eigenvalue weighted by Gasteiger charge is -2.21. The second-order valence-electron chi connectivity index (χ2n) is 4.55.